The fourth-order valence-corrected chi connectivity index (χ4v) is 4.34. The van der Waals surface area contributed by atoms with Gasteiger partial charge < -0.3 is 14.4 Å². The predicted molar refractivity (Wildman–Crippen MR) is 145 cm³/mol. The van der Waals surface area contributed by atoms with Crippen LogP contribution in [0, 0.1) is 17.0 Å². The summed E-state index contributed by atoms with van der Waals surface area (Å²) in [6.07, 6.45) is -1.13. The summed E-state index contributed by atoms with van der Waals surface area (Å²) in [5.41, 5.74) is 0.890. The number of nitro groups is 1. The van der Waals surface area contributed by atoms with Crippen molar-refractivity contribution in [3.63, 3.8) is 0 Å². The molecule has 11 heteroatoms. The zero-order valence-electron chi connectivity index (χ0n) is 22.8. The van der Waals surface area contributed by atoms with E-state index in [0.717, 1.165) is 30.7 Å². The van der Waals surface area contributed by atoms with Gasteiger partial charge in [0.15, 0.2) is 0 Å². The van der Waals surface area contributed by atoms with E-state index in [9.17, 15) is 32.9 Å². The fourth-order valence-electron chi connectivity index (χ4n) is 4.34. The highest BCUT2D eigenvalue weighted by Gasteiger charge is 2.30. The van der Waals surface area contributed by atoms with Crippen molar-refractivity contribution in [3.8, 4) is 0 Å². The van der Waals surface area contributed by atoms with Gasteiger partial charge in [0.25, 0.3) is 11.6 Å². The molecule has 0 aliphatic carbocycles. The Morgan fingerprint density at radius 3 is 2.42 bits per heavy atom. The molecule has 1 heterocycles. The monoisotopic (exact) mass is 558 g/mol. The van der Waals surface area contributed by atoms with Crippen molar-refractivity contribution >= 4 is 17.5 Å². The number of hydrogen-bond donors (Lipinski definition) is 0. The number of amides is 2. The number of aryl methyl sites for hydroxylation is 1. The Hall–Kier alpha value is -4.15. The number of aromatic nitrogens is 1. The first-order valence-corrected chi connectivity index (χ1v) is 13.1. The summed E-state index contributed by atoms with van der Waals surface area (Å²) in [6, 6.07) is 13.0. The highest BCUT2D eigenvalue weighted by atomic mass is 19.4. The number of alkyl halides is 3. The molecule has 0 N–H and O–H groups in total. The first-order valence-electron chi connectivity index (χ1n) is 13.1. The van der Waals surface area contributed by atoms with Crippen LogP contribution in [0.25, 0.3) is 0 Å². The number of benzene rings is 2. The lowest BCUT2D eigenvalue weighted by Gasteiger charge is -2.27. The molecular weight excluding hydrogens is 525 g/mol. The molecule has 0 radical (unpaired) electrons. The number of halogens is 3. The Balaban J connectivity index is 1.77. The molecule has 2 aromatic carbocycles. The molecule has 0 saturated carbocycles. The van der Waals surface area contributed by atoms with E-state index in [4.69, 9.17) is 0 Å². The van der Waals surface area contributed by atoms with Crippen LogP contribution >= 0.6 is 0 Å². The lowest BCUT2D eigenvalue weighted by molar-refractivity contribution is -0.385. The van der Waals surface area contributed by atoms with E-state index in [2.05, 4.69) is 0 Å². The molecule has 0 aliphatic rings. The Kier molecular flexibility index (Phi) is 10.1. The summed E-state index contributed by atoms with van der Waals surface area (Å²) >= 11 is 0. The van der Waals surface area contributed by atoms with Crippen LogP contribution in [-0.2, 0) is 24.1 Å². The van der Waals surface area contributed by atoms with Crippen molar-refractivity contribution in [2.75, 3.05) is 19.6 Å². The second-order valence-electron chi connectivity index (χ2n) is 9.57. The summed E-state index contributed by atoms with van der Waals surface area (Å²) < 4.78 is 41.3. The van der Waals surface area contributed by atoms with Crippen molar-refractivity contribution in [3.05, 3.63) is 98.9 Å². The van der Waals surface area contributed by atoms with Crippen LogP contribution in [-0.4, -0.2) is 50.7 Å². The van der Waals surface area contributed by atoms with Gasteiger partial charge in [-0.1, -0.05) is 31.5 Å². The Morgan fingerprint density at radius 2 is 1.77 bits per heavy atom. The third-order valence-electron chi connectivity index (χ3n) is 6.67. The van der Waals surface area contributed by atoms with Gasteiger partial charge in [-0.15, -0.1) is 0 Å². The average Bonchev–Trinajstić information content (AvgIpc) is 3.35. The SMILES string of the molecule is CCCCN(Cc1cccn1Cc1cccc(C(F)(F)F)c1)C(=O)CN(CC)C(=O)c1ccc(C)c([N+](=O)[O-])c1. The summed E-state index contributed by atoms with van der Waals surface area (Å²) in [7, 11) is 0. The van der Waals surface area contributed by atoms with Crippen molar-refractivity contribution in [1.82, 2.24) is 14.4 Å². The van der Waals surface area contributed by atoms with E-state index in [1.807, 2.05) is 13.0 Å². The largest absolute Gasteiger partial charge is 0.416 e. The van der Waals surface area contributed by atoms with Gasteiger partial charge in [0.05, 0.1) is 17.0 Å². The molecule has 0 atom stereocenters. The highest BCUT2D eigenvalue weighted by molar-refractivity contribution is 5.97. The molecule has 3 rings (SSSR count). The summed E-state index contributed by atoms with van der Waals surface area (Å²) in [5, 5.41) is 11.3. The van der Waals surface area contributed by atoms with Crippen LogP contribution in [0.2, 0.25) is 0 Å². The summed E-state index contributed by atoms with van der Waals surface area (Å²) in [4.78, 5) is 40.3. The van der Waals surface area contributed by atoms with Crippen LogP contribution < -0.4 is 0 Å². The minimum atomic E-state index is -4.44. The maximum atomic E-state index is 13.4. The van der Waals surface area contributed by atoms with E-state index >= 15 is 0 Å². The van der Waals surface area contributed by atoms with Crippen molar-refractivity contribution in [2.24, 2.45) is 0 Å². The standard InChI is InChI=1S/C29H33F3N4O4/c1-4-6-14-35(19-25-11-8-15-34(25)18-22-9-7-10-24(16-22)29(30,31)32)27(37)20-33(5-2)28(38)23-13-12-21(3)26(17-23)36(39)40/h7-13,15-17H,4-6,14,18-20H2,1-3H3. The van der Waals surface area contributed by atoms with Crippen LogP contribution in [0.3, 0.4) is 0 Å². The molecular formula is C29H33F3N4O4. The number of rotatable bonds is 12. The van der Waals surface area contributed by atoms with Crippen LogP contribution in [0.5, 0.6) is 0 Å². The Morgan fingerprint density at radius 1 is 1.02 bits per heavy atom. The molecule has 0 aliphatic heterocycles. The minimum absolute atomic E-state index is 0.127. The lowest BCUT2D eigenvalue weighted by Crippen LogP contribution is -2.43. The van der Waals surface area contributed by atoms with Gasteiger partial charge in [-0.3, -0.25) is 19.7 Å². The lowest BCUT2D eigenvalue weighted by atomic mass is 10.1. The predicted octanol–water partition coefficient (Wildman–Crippen LogP) is 6.06. The Labute approximate surface area is 231 Å². The molecule has 0 unspecified atom stereocenters. The smallest absolute Gasteiger partial charge is 0.345 e. The van der Waals surface area contributed by atoms with E-state index in [-0.39, 0.29) is 43.3 Å². The quantitative estimate of drug-likeness (QED) is 0.200. The number of nitrogens with zero attached hydrogens (tertiary/aromatic N) is 4. The minimum Gasteiger partial charge on any atom is -0.345 e. The number of hydrogen-bond acceptors (Lipinski definition) is 4. The molecule has 0 fully saturated rings. The molecule has 40 heavy (non-hydrogen) atoms. The van der Waals surface area contributed by atoms with Gasteiger partial charge in [0.1, 0.15) is 6.54 Å². The molecule has 214 valence electrons. The summed E-state index contributed by atoms with van der Waals surface area (Å²) in [5.74, 6) is -0.778. The number of carbonyl (C=O) groups excluding carboxylic acids is 2. The van der Waals surface area contributed by atoms with Gasteiger partial charge in [-0.2, -0.15) is 13.2 Å². The zero-order chi connectivity index (χ0) is 29.4. The second-order valence-corrected chi connectivity index (χ2v) is 9.57. The fraction of sp³-hybridized carbons (Fsp3) is 0.379. The maximum absolute atomic E-state index is 13.4. The van der Waals surface area contributed by atoms with Crippen LogP contribution in [0.4, 0.5) is 18.9 Å². The second kappa shape index (κ2) is 13.3. The number of likely N-dealkylation sites (N-methyl/N-ethyl adjacent to an activating group) is 1. The molecule has 8 nitrogen and oxygen atoms in total. The molecule has 3 aromatic rings. The highest BCUT2D eigenvalue weighted by Crippen LogP contribution is 2.30. The van der Waals surface area contributed by atoms with E-state index < -0.39 is 22.6 Å². The molecule has 0 saturated heterocycles. The maximum Gasteiger partial charge on any atom is 0.416 e. The summed E-state index contributed by atoms with van der Waals surface area (Å²) in [6.45, 7) is 6.17. The third kappa shape index (κ3) is 7.71. The molecule has 0 bridgehead atoms. The van der Waals surface area contributed by atoms with E-state index in [1.165, 1.54) is 29.2 Å². The van der Waals surface area contributed by atoms with Crippen LogP contribution in [0.15, 0.2) is 60.8 Å². The number of nitro benzene ring substituents is 1. The molecule has 1 aromatic heterocycles. The molecule has 0 spiro atoms. The van der Waals surface area contributed by atoms with Gasteiger partial charge in [0, 0.05) is 48.7 Å². The van der Waals surface area contributed by atoms with Crippen molar-refractivity contribution < 1.29 is 27.7 Å². The van der Waals surface area contributed by atoms with Gasteiger partial charge in [-0.05, 0) is 56.2 Å². The number of carbonyl (C=O) groups is 2. The van der Waals surface area contributed by atoms with Crippen LogP contribution in [0.1, 0.15) is 59.4 Å². The van der Waals surface area contributed by atoms with Crippen molar-refractivity contribution in [1.29, 1.82) is 0 Å². The normalized spacial score (nSPS) is 11.3. The third-order valence-corrected chi connectivity index (χ3v) is 6.67. The zero-order valence-corrected chi connectivity index (χ0v) is 22.8. The van der Waals surface area contributed by atoms with Gasteiger partial charge in [0.2, 0.25) is 5.91 Å². The molecule has 2 amide bonds. The first kappa shape index (κ1) is 30.4. The number of unbranched alkanes of at least 4 members (excludes halogenated alkanes) is 1. The van der Waals surface area contributed by atoms with Gasteiger partial charge >= 0.3 is 6.18 Å². The van der Waals surface area contributed by atoms with E-state index in [0.29, 0.717) is 17.7 Å². The van der Waals surface area contributed by atoms with E-state index in [1.54, 1.807) is 41.6 Å². The average molecular weight is 559 g/mol. The topological polar surface area (TPSA) is 88.7 Å². The Bertz CT molecular complexity index is 1350. The van der Waals surface area contributed by atoms with Gasteiger partial charge in [-0.25, -0.2) is 0 Å². The van der Waals surface area contributed by atoms with Crippen molar-refractivity contribution in [2.45, 2.75) is 52.9 Å². The first-order chi connectivity index (χ1) is 18.9.